The monoisotopic (exact) mass is 449 g/mol. The molecule has 0 spiro atoms. The molecule has 0 radical (unpaired) electrons. The second-order valence-electron chi connectivity index (χ2n) is 6.65. The van der Waals surface area contributed by atoms with Crippen LogP contribution in [0.5, 0.6) is 5.75 Å². The number of hydrogen-bond donors (Lipinski definition) is 2. The molecule has 7 nitrogen and oxygen atoms in total. The zero-order valence-corrected chi connectivity index (χ0v) is 17.6. The highest BCUT2D eigenvalue weighted by Crippen LogP contribution is 2.23. The van der Waals surface area contributed by atoms with Crippen LogP contribution in [0.1, 0.15) is 24.0 Å². The Morgan fingerprint density at radius 1 is 1.13 bits per heavy atom. The van der Waals surface area contributed by atoms with Crippen molar-refractivity contribution in [3.63, 3.8) is 0 Å². The number of rotatable bonds is 7. The van der Waals surface area contributed by atoms with Gasteiger partial charge in [-0.05, 0) is 60.4 Å². The van der Waals surface area contributed by atoms with E-state index in [2.05, 4.69) is 15.8 Å². The quantitative estimate of drug-likeness (QED) is 0.385. The Kier molecular flexibility index (Phi) is 8.07. The van der Waals surface area contributed by atoms with Gasteiger partial charge >= 0.3 is 11.8 Å². The number of amides is 2. The first-order chi connectivity index (χ1) is 14.5. The minimum absolute atomic E-state index is 0.0253. The van der Waals surface area contributed by atoms with Crippen LogP contribution in [-0.4, -0.2) is 37.3 Å². The molecule has 0 unspecified atom stereocenters. The molecule has 1 fully saturated rings. The number of hydrogen-bond acceptors (Lipinski definition) is 5. The maximum absolute atomic E-state index is 11.7. The normalized spacial score (nSPS) is 15.9. The largest absolute Gasteiger partial charge is 0.489 e. The Labute approximate surface area is 184 Å². The van der Waals surface area contributed by atoms with Crippen molar-refractivity contribution in [2.24, 2.45) is 5.10 Å². The maximum atomic E-state index is 11.7. The average Bonchev–Trinajstić information content (AvgIpc) is 3.27. The molecule has 2 N–H and O–H groups in total. The van der Waals surface area contributed by atoms with E-state index in [0.717, 1.165) is 24.0 Å². The van der Waals surface area contributed by atoms with E-state index in [1.54, 1.807) is 36.4 Å². The fourth-order valence-electron chi connectivity index (χ4n) is 2.75. The molecule has 1 aliphatic heterocycles. The van der Waals surface area contributed by atoms with Gasteiger partial charge in [-0.3, -0.25) is 9.59 Å². The third-order valence-electron chi connectivity index (χ3n) is 4.37. The first-order valence-corrected chi connectivity index (χ1v) is 10.2. The first kappa shape index (κ1) is 22.1. The third kappa shape index (κ3) is 6.73. The molecule has 3 rings (SSSR count). The first-order valence-electron chi connectivity index (χ1n) is 9.41. The van der Waals surface area contributed by atoms with Crippen LogP contribution in [0.3, 0.4) is 0 Å². The summed E-state index contributed by atoms with van der Waals surface area (Å²) in [5.41, 5.74) is 3.83. The summed E-state index contributed by atoms with van der Waals surface area (Å²) >= 11 is 11.9. The fraction of sp³-hybridized carbons (Fsp3) is 0.286. The van der Waals surface area contributed by atoms with Crippen LogP contribution in [0.2, 0.25) is 10.0 Å². The number of carbonyl (C=O) groups excluding carboxylic acids is 2. The molecule has 1 saturated heterocycles. The van der Waals surface area contributed by atoms with Gasteiger partial charge < -0.3 is 14.8 Å². The molecular formula is C21H21Cl2N3O4. The predicted octanol–water partition coefficient (Wildman–Crippen LogP) is 3.32. The Bertz CT molecular complexity index is 913. The minimum Gasteiger partial charge on any atom is -0.489 e. The smallest absolute Gasteiger partial charge is 0.329 e. The van der Waals surface area contributed by atoms with Crippen molar-refractivity contribution in [3.8, 4) is 5.75 Å². The lowest BCUT2D eigenvalue weighted by Gasteiger charge is -2.09. The van der Waals surface area contributed by atoms with Crippen molar-refractivity contribution in [1.29, 1.82) is 0 Å². The molecule has 1 aliphatic rings. The Morgan fingerprint density at radius 3 is 2.63 bits per heavy atom. The van der Waals surface area contributed by atoms with Crippen LogP contribution in [0.15, 0.2) is 47.6 Å². The molecule has 2 aromatic rings. The van der Waals surface area contributed by atoms with Crippen LogP contribution in [0.4, 0.5) is 0 Å². The van der Waals surface area contributed by atoms with Gasteiger partial charge in [0.15, 0.2) is 0 Å². The van der Waals surface area contributed by atoms with Gasteiger partial charge in [0.05, 0.1) is 22.4 Å². The van der Waals surface area contributed by atoms with E-state index >= 15 is 0 Å². The van der Waals surface area contributed by atoms with Crippen molar-refractivity contribution in [1.82, 2.24) is 10.7 Å². The molecule has 2 aromatic carbocycles. The van der Waals surface area contributed by atoms with Crippen molar-refractivity contribution >= 4 is 41.2 Å². The lowest BCUT2D eigenvalue weighted by molar-refractivity contribution is -0.139. The van der Waals surface area contributed by atoms with E-state index in [0.29, 0.717) is 35.6 Å². The third-order valence-corrected chi connectivity index (χ3v) is 5.11. The minimum atomic E-state index is -0.828. The summed E-state index contributed by atoms with van der Waals surface area (Å²) in [4.78, 5) is 23.5. The molecule has 0 bridgehead atoms. The number of nitrogens with zero attached hydrogens (tertiary/aromatic N) is 1. The highest BCUT2D eigenvalue weighted by molar-refractivity contribution is 6.42. The van der Waals surface area contributed by atoms with Gasteiger partial charge in [0, 0.05) is 13.2 Å². The average molecular weight is 450 g/mol. The molecule has 0 aliphatic carbocycles. The van der Waals surface area contributed by atoms with Gasteiger partial charge in [0.2, 0.25) is 0 Å². The van der Waals surface area contributed by atoms with E-state index in [9.17, 15) is 9.59 Å². The van der Waals surface area contributed by atoms with Crippen LogP contribution >= 0.6 is 23.2 Å². The summed E-state index contributed by atoms with van der Waals surface area (Å²) in [5.74, 6) is -0.907. The fourth-order valence-corrected chi connectivity index (χ4v) is 3.08. The van der Waals surface area contributed by atoms with Crippen molar-refractivity contribution < 1.29 is 19.1 Å². The zero-order valence-electron chi connectivity index (χ0n) is 16.1. The van der Waals surface area contributed by atoms with Gasteiger partial charge in [-0.1, -0.05) is 29.3 Å². The Balaban J connectivity index is 1.41. The second kappa shape index (κ2) is 11.0. The number of hydrazone groups is 1. The molecule has 9 heteroatoms. The van der Waals surface area contributed by atoms with Crippen LogP contribution in [0.25, 0.3) is 0 Å². The van der Waals surface area contributed by atoms with E-state index in [-0.39, 0.29) is 6.10 Å². The van der Waals surface area contributed by atoms with Crippen molar-refractivity contribution in [2.45, 2.75) is 25.6 Å². The summed E-state index contributed by atoms with van der Waals surface area (Å²) in [6, 6.07) is 12.4. The Morgan fingerprint density at radius 2 is 1.93 bits per heavy atom. The second-order valence-corrected chi connectivity index (χ2v) is 7.46. The molecule has 1 atom stereocenters. The molecule has 30 heavy (non-hydrogen) atoms. The number of carbonyl (C=O) groups is 2. The molecule has 158 valence electrons. The van der Waals surface area contributed by atoms with Crippen LogP contribution in [0, 0.1) is 0 Å². The van der Waals surface area contributed by atoms with Gasteiger partial charge in [-0.15, -0.1) is 0 Å². The topological polar surface area (TPSA) is 89.0 Å². The van der Waals surface area contributed by atoms with E-state index < -0.39 is 11.8 Å². The molecule has 0 saturated carbocycles. The SMILES string of the molecule is O=C(NC[C@H]1CCCO1)C(=O)N/N=C\c1ccc(OCc2ccc(Cl)c(Cl)c2)cc1. The van der Waals surface area contributed by atoms with Crippen LogP contribution in [-0.2, 0) is 20.9 Å². The summed E-state index contributed by atoms with van der Waals surface area (Å²) in [7, 11) is 0. The summed E-state index contributed by atoms with van der Waals surface area (Å²) in [5, 5.41) is 7.31. The van der Waals surface area contributed by atoms with Gasteiger partial charge in [-0.2, -0.15) is 5.10 Å². The number of ether oxygens (including phenoxy) is 2. The highest BCUT2D eigenvalue weighted by atomic mass is 35.5. The van der Waals surface area contributed by atoms with E-state index in [1.807, 2.05) is 6.07 Å². The standard InChI is InChI=1S/C21H21Cl2N3O4/c22-18-8-5-15(10-19(18)23)13-30-16-6-3-14(4-7-16)11-25-26-21(28)20(27)24-12-17-2-1-9-29-17/h3-8,10-11,17H,1-2,9,12-13H2,(H,24,27)(H,26,28)/b25-11-/t17-/m1/s1. The summed E-state index contributed by atoms with van der Waals surface area (Å²) < 4.78 is 11.1. The van der Waals surface area contributed by atoms with Gasteiger partial charge in [0.1, 0.15) is 12.4 Å². The summed E-state index contributed by atoms with van der Waals surface area (Å²) in [6.45, 7) is 1.36. The molecule has 0 aromatic heterocycles. The predicted molar refractivity (Wildman–Crippen MR) is 115 cm³/mol. The number of nitrogens with one attached hydrogen (secondary N) is 2. The van der Waals surface area contributed by atoms with Crippen LogP contribution < -0.4 is 15.5 Å². The molecule has 2 amide bonds. The Hall–Kier alpha value is -2.61. The van der Waals surface area contributed by atoms with Crippen molar-refractivity contribution in [2.75, 3.05) is 13.2 Å². The van der Waals surface area contributed by atoms with E-state index in [1.165, 1.54) is 6.21 Å². The molecule has 1 heterocycles. The number of halogens is 2. The van der Waals surface area contributed by atoms with E-state index in [4.69, 9.17) is 32.7 Å². The zero-order chi connectivity index (χ0) is 21.3. The van der Waals surface area contributed by atoms with Gasteiger partial charge in [0.25, 0.3) is 0 Å². The lowest BCUT2D eigenvalue weighted by atomic mass is 10.2. The van der Waals surface area contributed by atoms with Crippen molar-refractivity contribution in [3.05, 3.63) is 63.6 Å². The molecular weight excluding hydrogens is 429 g/mol. The highest BCUT2D eigenvalue weighted by Gasteiger charge is 2.18. The summed E-state index contributed by atoms with van der Waals surface area (Å²) in [6.07, 6.45) is 3.26. The van der Waals surface area contributed by atoms with Gasteiger partial charge in [-0.25, -0.2) is 5.43 Å². The maximum Gasteiger partial charge on any atom is 0.329 e. The lowest BCUT2D eigenvalue weighted by Crippen LogP contribution is -2.41. The number of benzene rings is 2.